The summed E-state index contributed by atoms with van der Waals surface area (Å²) in [4.78, 5) is 21.8. The largest absolute Gasteiger partial charge is 0.465 e. The number of carbonyl (C=O) groups is 1. The Morgan fingerprint density at radius 2 is 1.87 bits per heavy atom. The van der Waals surface area contributed by atoms with Crippen molar-refractivity contribution >= 4 is 28.9 Å². The smallest absolute Gasteiger partial charge is 0.339 e. The van der Waals surface area contributed by atoms with Crippen LogP contribution in [0.15, 0.2) is 71.8 Å². The molecule has 0 atom stereocenters. The Hall–Kier alpha value is -3.20. The lowest BCUT2D eigenvalue weighted by molar-refractivity contribution is -0.160. The van der Waals surface area contributed by atoms with E-state index in [-0.39, 0.29) is 5.82 Å². The first kappa shape index (κ1) is 21.0. The lowest BCUT2D eigenvalue weighted by Crippen LogP contribution is -2.04. The second kappa shape index (κ2) is 9.30. The number of esters is 1. The summed E-state index contributed by atoms with van der Waals surface area (Å²) < 4.78 is 25.2. The average Bonchev–Trinajstić information content (AvgIpc) is 3.16. The van der Waals surface area contributed by atoms with E-state index in [0.29, 0.717) is 17.8 Å². The monoisotopic (exact) mass is 438 g/mol. The molecule has 0 saturated carbocycles. The first-order valence-electron chi connectivity index (χ1n) is 9.39. The lowest BCUT2D eigenvalue weighted by atomic mass is 10.2. The Morgan fingerprint density at radius 3 is 2.55 bits per heavy atom. The predicted molar refractivity (Wildman–Crippen MR) is 116 cm³/mol. The standard InChI is InChI=1S/C23H19FN2O4S/c1-28-23(27)16-5-9-20(25-13-16)22-12-17-11-19(31-30-29-2)8-10-21(17)26(22)14-15-3-6-18(24)7-4-15/h3-13H,14H2,1-2H3. The highest BCUT2D eigenvalue weighted by Crippen LogP contribution is 2.31. The SMILES string of the molecule is COOSc1ccc2c(c1)cc(-c1ccc(C(=O)OC)cn1)n2Cc1ccc(F)cc1. The number of carbonyl (C=O) groups excluding carboxylic acids is 1. The highest BCUT2D eigenvalue weighted by molar-refractivity contribution is 7.94. The van der Waals surface area contributed by atoms with E-state index in [2.05, 4.69) is 14.4 Å². The summed E-state index contributed by atoms with van der Waals surface area (Å²) in [6.45, 7) is 0.528. The van der Waals surface area contributed by atoms with Crippen molar-refractivity contribution in [2.45, 2.75) is 11.4 Å². The van der Waals surface area contributed by atoms with Crippen LogP contribution in [0.5, 0.6) is 0 Å². The fourth-order valence-corrected chi connectivity index (χ4v) is 3.76. The van der Waals surface area contributed by atoms with Gasteiger partial charge >= 0.3 is 5.97 Å². The first-order chi connectivity index (χ1) is 15.1. The van der Waals surface area contributed by atoms with Gasteiger partial charge in [-0.3, -0.25) is 4.98 Å². The number of benzene rings is 2. The summed E-state index contributed by atoms with van der Waals surface area (Å²) in [6.07, 6.45) is 1.49. The van der Waals surface area contributed by atoms with Gasteiger partial charge in [-0.1, -0.05) is 12.1 Å². The fraction of sp³-hybridized carbons (Fsp3) is 0.130. The van der Waals surface area contributed by atoms with Crippen molar-refractivity contribution in [1.29, 1.82) is 0 Å². The van der Waals surface area contributed by atoms with Crippen LogP contribution >= 0.6 is 12.0 Å². The number of hydrogen-bond acceptors (Lipinski definition) is 6. The molecule has 0 aliphatic carbocycles. The first-order valence-corrected chi connectivity index (χ1v) is 10.1. The molecule has 31 heavy (non-hydrogen) atoms. The van der Waals surface area contributed by atoms with Gasteiger partial charge in [-0.05, 0) is 54.1 Å². The molecule has 2 aromatic heterocycles. The van der Waals surface area contributed by atoms with E-state index in [9.17, 15) is 9.18 Å². The van der Waals surface area contributed by atoms with E-state index >= 15 is 0 Å². The summed E-state index contributed by atoms with van der Waals surface area (Å²) in [5, 5.41) is 0.987. The molecule has 0 N–H and O–H groups in total. The second-order valence-electron chi connectivity index (χ2n) is 6.70. The molecule has 0 aliphatic rings. The third-order valence-electron chi connectivity index (χ3n) is 4.77. The predicted octanol–water partition coefficient (Wildman–Crippen LogP) is 5.26. The fourth-order valence-electron chi connectivity index (χ4n) is 3.31. The molecule has 8 heteroatoms. The molecule has 0 bridgehead atoms. The molecular formula is C23H19FN2O4S. The number of methoxy groups -OCH3 is 1. The van der Waals surface area contributed by atoms with Crippen LogP contribution < -0.4 is 0 Å². The van der Waals surface area contributed by atoms with Crippen molar-refractivity contribution in [1.82, 2.24) is 9.55 Å². The molecule has 0 fully saturated rings. The van der Waals surface area contributed by atoms with Crippen LogP contribution in [0.4, 0.5) is 4.39 Å². The van der Waals surface area contributed by atoms with Gasteiger partial charge in [0.05, 0.1) is 43.2 Å². The Morgan fingerprint density at radius 1 is 1.06 bits per heavy atom. The van der Waals surface area contributed by atoms with Gasteiger partial charge in [-0.25, -0.2) is 14.1 Å². The number of fused-ring (bicyclic) bond motifs is 1. The molecule has 0 unspecified atom stereocenters. The van der Waals surface area contributed by atoms with Crippen molar-refractivity contribution in [3.63, 3.8) is 0 Å². The topological polar surface area (TPSA) is 62.6 Å². The molecule has 2 aromatic carbocycles. The Labute approximate surface area is 182 Å². The van der Waals surface area contributed by atoms with Crippen LogP contribution in [0.2, 0.25) is 0 Å². The van der Waals surface area contributed by atoms with Crippen LogP contribution in [-0.4, -0.2) is 29.7 Å². The maximum Gasteiger partial charge on any atom is 0.339 e. The molecule has 0 aliphatic heterocycles. The van der Waals surface area contributed by atoms with Gasteiger partial charge in [-0.2, -0.15) is 4.33 Å². The summed E-state index contributed by atoms with van der Waals surface area (Å²) in [5.74, 6) is -0.716. The van der Waals surface area contributed by atoms with Crippen LogP contribution in [-0.2, 0) is 20.5 Å². The summed E-state index contributed by atoms with van der Waals surface area (Å²) in [6, 6.07) is 17.8. The van der Waals surface area contributed by atoms with Gasteiger partial charge in [0.25, 0.3) is 0 Å². The third-order valence-corrected chi connectivity index (χ3v) is 5.42. The van der Waals surface area contributed by atoms with E-state index in [0.717, 1.165) is 39.1 Å². The number of pyridine rings is 1. The molecule has 0 saturated heterocycles. The van der Waals surface area contributed by atoms with Gasteiger partial charge in [0.1, 0.15) is 5.82 Å². The third kappa shape index (κ3) is 4.61. The quantitative estimate of drug-likeness (QED) is 0.170. The molecule has 0 radical (unpaired) electrons. The zero-order valence-electron chi connectivity index (χ0n) is 16.9. The Kier molecular flexibility index (Phi) is 6.31. The summed E-state index contributed by atoms with van der Waals surface area (Å²) in [5.41, 5.74) is 3.88. The zero-order chi connectivity index (χ0) is 21.8. The van der Waals surface area contributed by atoms with E-state index < -0.39 is 5.97 Å². The average molecular weight is 438 g/mol. The van der Waals surface area contributed by atoms with Gasteiger partial charge in [0.2, 0.25) is 0 Å². The van der Waals surface area contributed by atoms with Gasteiger partial charge < -0.3 is 9.30 Å². The molecule has 158 valence electrons. The molecule has 6 nitrogen and oxygen atoms in total. The molecule has 0 spiro atoms. The Bertz CT molecular complexity index is 1210. The van der Waals surface area contributed by atoms with Crippen molar-refractivity contribution in [3.8, 4) is 11.4 Å². The van der Waals surface area contributed by atoms with Crippen molar-refractivity contribution in [2.24, 2.45) is 0 Å². The number of rotatable bonds is 7. The Balaban J connectivity index is 1.79. The number of halogens is 1. The summed E-state index contributed by atoms with van der Waals surface area (Å²) >= 11 is 1.12. The number of ether oxygens (including phenoxy) is 1. The minimum Gasteiger partial charge on any atom is -0.465 e. The minimum absolute atomic E-state index is 0.277. The highest BCUT2D eigenvalue weighted by atomic mass is 32.2. The van der Waals surface area contributed by atoms with Crippen LogP contribution in [0.25, 0.3) is 22.3 Å². The van der Waals surface area contributed by atoms with Gasteiger partial charge in [-0.15, -0.1) is 0 Å². The van der Waals surface area contributed by atoms with Gasteiger partial charge in [0, 0.05) is 28.5 Å². The second-order valence-corrected chi connectivity index (χ2v) is 7.48. The van der Waals surface area contributed by atoms with E-state index in [1.54, 1.807) is 24.3 Å². The van der Waals surface area contributed by atoms with E-state index in [1.165, 1.54) is 32.5 Å². The van der Waals surface area contributed by atoms with E-state index in [4.69, 9.17) is 9.07 Å². The molecule has 2 heterocycles. The molecular weight excluding hydrogens is 419 g/mol. The van der Waals surface area contributed by atoms with E-state index in [1.807, 2.05) is 24.3 Å². The number of hydrogen-bond donors (Lipinski definition) is 0. The molecule has 4 rings (SSSR count). The minimum atomic E-state index is -0.439. The normalized spacial score (nSPS) is 11.1. The zero-order valence-corrected chi connectivity index (χ0v) is 17.7. The van der Waals surface area contributed by atoms with Crippen molar-refractivity contribution < 1.29 is 23.1 Å². The maximum atomic E-state index is 13.4. The number of aromatic nitrogens is 2. The van der Waals surface area contributed by atoms with Crippen LogP contribution in [0, 0.1) is 5.82 Å². The van der Waals surface area contributed by atoms with Crippen LogP contribution in [0.3, 0.4) is 0 Å². The number of nitrogens with zero attached hydrogens (tertiary/aromatic N) is 2. The lowest BCUT2D eigenvalue weighted by Gasteiger charge is -2.11. The maximum absolute atomic E-state index is 13.4. The van der Waals surface area contributed by atoms with Crippen LogP contribution in [0.1, 0.15) is 15.9 Å². The molecule has 4 aromatic rings. The highest BCUT2D eigenvalue weighted by Gasteiger charge is 2.15. The van der Waals surface area contributed by atoms with Crippen molar-refractivity contribution in [3.05, 3.63) is 83.8 Å². The summed E-state index contributed by atoms with van der Waals surface area (Å²) in [7, 11) is 2.78. The van der Waals surface area contributed by atoms with Gasteiger partial charge in [0.15, 0.2) is 0 Å². The molecule has 0 amide bonds. The van der Waals surface area contributed by atoms with Crippen molar-refractivity contribution in [2.75, 3.05) is 14.2 Å².